The molecule has 0 unspecified atom stereocenters. The lowest BCUT2D eigenvalue weighted by Crippen LogP contribution is -2.46. The number of rotatable bonds is 5. The van der Waals surface area contributed by atoms with Crippen molar-refractivity contribution >= 4 is 5.69 Å². The molecule has 1 aliphatic heterocycles. The maximum Gasteiger partial charge on any atom is 0.251 e. The summed E-state index contributed by atoms with van der Waals surface area (Å²) in [6.45, 7) is 8.98. The number of benzene rings is 2. The zero-order valence-corrected chi connectivity index (χ0v) is 16.7. The molecule has 1 aliphatic rings. The van der Waals surface area contributed by atoms with E-state index in [1.807, 2.05) is 24.3 Å². The highest BCUT2D eigenvalue weighted by Crippen LogP contribution is 2.29. The number of hydrogen-bond acceptors (Lipinski definition) is 6. The van der Waals surface area contributed by atoms with E-state index in [9.17, 15) is 0 Å². The van der Waals surface area contributed by atoms with Crippen molar-refractivity contribution in [3.05, 3.63) is 59.5 Å². The first-order chi connectivity index (χ1) is 13.7. The summed E-state index contributed by atoms with van der Waals surface area (Å²) < 4.78 is 11.3. The fraction of sp³-hybridized carbons (Fsp3) is 0.364. The third-order valence-electron chi connectivity index (χ3n) is 5.45. The lowest BCUT2D eigenvalue weighted by atomic mass is 10.1. The van der Waals surface area contributed by atoms with Gasteiger partial charge in [0.1, 0.15) is 5.75 Å². The Kier molecular flexibility index (Phi) is 5.30. The molecule has 28 heavy (non-hydrogen) atoms. The monoisotopic (exact) mass is 378 g/mol. The Labute approximate surface area is 165 Å². The number of anilines is 1. The Morgan fingerprint density at radius 1 is 0.964 bits per heavy atom. The third-order valence-corrected chi connectivity index (χ3v) is 5.45. The Hall–Kier alpha value is -2.86. The normalized spacial score (nSPS) is 15.0. The number of nitrogens with zero attached hydrogens (tertiary/aromatic N) is 4. The molecular weight excluding hydrogens is 352 g/mol. The Morgan fingerprint density at radius 3 is 2.54 bits per heavy atom. The highest BCUT2D eigenvalue weighted by Gasteiger charge is 2.21. The van der Waals surface area contributed by atoms with Crippen LogP contribution in [0.3, 0.4) is 0 Å². The van der Waals surface area contributed by atoms with Crippen LogP contribution in [0.1, 0.15) is 17.0 Å². The van der Waals surface area contributed by atoms with Crippen LogP contribution in [0, 0.1) is 13.8 Å². The molecule has 0 atom stereocenters. The topological polar surface area (TPSA) is 54.6 Å². The Balaban J connectivity index is 1.39. The maximum atomic E-state index is 5.90. The molecular formula is C22H26N4O2. The molecule has 1 aromatic heterocycles. The average molecular weight is 378 g/mol. The highest BCUT2D eigenvalue weighted by molar-refractivity contribution is 5.62. The van der Waals surface area contributed by atoms with Crippen LogP contribution < -0.4 is 9.64 Å². The van der Waals surface area contributed by atoms with Crippen LogP contribution in [0.4, 0.5) is 5.69 Å². The van der Waals surface area contributed by atoms with Gasteiger partial charge >= 0.3 is 0 Å². The van der Waals surface area contributed by atoms with E-state index in [4.69, 9.17) is 9.15 Å². The Bertz CT molecular complexity index is 945. The molecule has 0 amide bonds. The maximum absolute atomic E-state index is 5.90. The van der Waals surface area contributed by atoms with E-state index >= 15 is 0 Å². The summed E-state index contributed by atoms with van der Waals surface area (Å²) >= 11 is 0. The van der Waals surface area contributed by atoms with Gasteiger partial charge in [-0.1, -0.05) is 24.3 Å². The molecule has 1 saturated heterocycles. The molecule has 2 heterocycles. The average Bonchev–Trinajstić information content (AvgIpc) is 3.19. The van der Waals surface area contributed by atoms with Crippen molar-refractivity contribution in [3.63, 3.8) is 0 Å². The molecule has 146 valence electrons. The molecule has 6 heteroatoms. The van der Waals surface area contributed by atoms with Gasteiger partial charge in [-0.15, -0.1) is 10.2 Å². The van der Waals surface area contributed by atoms with Gasteiger partial charge in [-0.2, -0.15) is 0 Å². The fourth-order valence-electron chi connectivity index (χ4n) is 3.66. The summed E-state index contributed by atoms with van der Waals surface area (Å²) in [5.41, 5.74) is 4.88. The van der Waals surface area contributed by atoms with Crippen molar-refractivity contribution in [2.75, 3.05) is 38.2 Å². The predicted octanol–water partition coefficient (Wildman–Crippen LogP) is 3.68. The largest absolute Gasteiger partial charge is 0.496 e. The van der Waals surface area contributed by atoms with Gasteiger partial charge in [0.05, 0.1) is 19.2 Å². The standard InChI is InChI=1S/C22H26N4O2/c1-16-7-6-9-19(17(16)2)26-13-11-25(12-14-26)15-21-23-24-22(28-21)18-8-4-5-10-20(18)27-3/h4-10H,11-15H2,1-3H3. The van der Waals surface area contributed by atoms with E-state index in [-0.39, 0.29) is 0 Å². The van der Waals surface area contributed by atoms with E-state index in [0.717, 1.165) is 37.5 Å². The zero-order chi connectivity index (χ0) is 19.5. The van der Waals surface area contributed by atoms with Gasteiger partial charge in [-0.05, 0) is 43.2 Å². The van der Waals surface area contributed by atoms with Crippen molar-refractivity contribution in [2.45, 2.75) is 20.4 Å². The van der Waals surface area contributed by atoms with Crippen LogP contribution in [0.15, 0.2) is 46.9 Å². The second-order valence-corrected chi connectivity index (χ2v) is 7.18. The van der Waals surface area contributed by atoms with E-state index in [0.29, 0.717) is 18.3 Å². The molecule has 0 radical (unpaired) electrons. The van der Waals surface area contributed by atoms with Crippen molar-refractivity contribution in [3.8, 4) is 17.2 Å². The fourth-order valence-corrected chi connectivity index (χ4v) is 3.66. The second-order valence-electron chi connectivity index (χ2n) is 7.18. The first kappa shape index (κ1) is 18.5. The lowest BCUT2D eigenvalue weighted by Gasteiger charge is -2.36. The van der Waals surface area contributed by atoms with Gasteiger partial charge < -0.3 is 14.1 Å². The van der Waals surface area contributed by atoms with Crippen LogP contribution in [-0.2, 0) is 6.54 Å². The molecule has 0 bridgehead atoms. The predicted molar refractivity (Wildman–Crippen MR) is 110 cm³/mol. The van der Waals surface area contributed by atoms with E-state index in [1.165, 1.54) is 16.8 Å². The van der Waals surface area contributed by atoms with Crippen molar-refractivity contribution in [1.29, 1.82) is 0 Å². The summed E-state index contributed by atoms with van der Waals surface area (Å²) in [5, 5.41) is 8.45. The molecule has 0 N–H and O–H groups in total. The minimum absolute atomic E-state index is 0.501. The molecule has 1 fully saturated rings. The van der Waals surface area contributed by atoms with Crippen LogP contribution in [0.25, 0.3) is 11.5 Å². The first-order valence-electron chi connectivity index (χ1n) is 9.65. The van der Waals surface area contributed by atoms with Crippen LogP contribution >= 0.6 is 0 Å². The molecule has 6 nitrogen and oxygen atoms in total. The lowest BCUT2D eigenvalue weighted by molar-refractivity contribution is 0.227. The van der Waals surface area contributed by atoms with Crippen molar-refractivity contribution in [2.24, 2.45) is 0 Å². The summed E-state index contributed by atoms with van der Waals surface area (Å²) in [7, 11) is 1.64. The van der Waals surface area contributed by atoms with Gasteiger partial charge in [0, 0.05) is 31.9 Å². The smallest absolute Gasteiger partial charge is 0.251 e. The number of para-hydroxylation sites is 1. The third kappa shape index (κ3) is 3.73. The van der Waals surface area contributed by atoms with Gasteiger partial charge in [0.25, 0.3) is 5.89 Å². The SMILES string of the molecule is COc1ccccc1-c1nnc(CN2CCN(c3cccc(C)c3C)CC2)o1. The molecule has 0 aliphatic carbocycles. The summed E-state index contributed by atoms with van der Waals surface area (Å²) in [6.07, 6.45) is 0. The quantitative estimate of drug-likeness (QED) is 0.675. The van der Waals surface area contributed by atoms with Gasteiger partial charge in [0.2, 0.25) is 5.89 Å². The van der Waals surface area contributed by atoms with E-state index < -0.39 is 0 Å². The number of aryl methyl sites for hydroxylation is 1. The zero-order valence-electron chi connectivity index (χ0n) is 16.7. The van der Waals surface area contributed by atoms with Gasteiger partial charge in [0.15, 0.2) is 0 Å². The number of aromatic nitrogens is 2. The van der Waals surface area contributed by atoms with Crippen molar-refractivity contribution in [1.82, 2.24) is 15.1 Å². The first-order valence-corrected chi connectivity index (χ1v) is 9.65. The summed E-state index contributed by atoms with van der Waals surface area (Å²) in [6, 6.07) is 14.2. The van der Waals surface area contributed by atoms with Gasteiger partial charge in [-0.3, -0.25) is 4.90 Å². The van der Waals surface area contributed by atoms with Crippen molar-refractivity contribution < 1.29 is 9.15 Å². The summed E-state index contributed by atoms with van der Waals surface area (Å²) in [4.78, 5) is 4.83. The minimum atomic E-state index is 0.501. The number of piperazine rings is 1. The number of hydrogen-bond donors (Lipinski definition) is 0. The second kappa shape index (κ2) is 8.02. The van der Waals surface area contributed by atoms with E-state index in [1.54, 1.807) is 7.11 Å². The van der Waals surface area contributed by atoms with Gasteiger partial charge in [-0.25, -0.2) is 0 Å². The molecule has 3 aromatic rings. The molecule has 0 saturated carbocycles. The summed E-state index contributed by atoms with van der Waals surface area (Å²) in [5.74, 6) is 1.88. The highest BCUT2D eigenvalue weighted by atomic mass is 16.5. The molecule has 2 aromatic carbocycles. The minimum Gasteiger partial charge on any atom is -0.496 e. The Morgan fingerprint density at radius 2 is 1.75 bits per heavy atom. The number of methoxy groups -OCH3 is 1. The van der Waals surface area contributed by atoms with E-state index in [2.05, 4.69) is 52.0 Å². The van der Waals surface area contributed by atoms with Crippen LogP contribution in [0.5, 0.6) is 5.75 Å². The molecule has 4 rings (SSSR count). The number of ether oxygens (including phenoxy) is 1. The molecule has 0 spiro atoms. The van der Waals surface area contributed by atoms with Crippen LogP contribution in [0.2, 0.25) is 0 Å². The van der Waals surface area contributed by atoms with Crippen LogP contribution in [-0.4, -0.2) is 48.4 Å².